The van der Waals surface area contributed by atoms with Crippen LogP contribution in [0.5, 0.6) is 0 Å². The molecule has 0 aromatic carbocycles. The molecule has 2 atom stereocenters. The number of methoxy groups -OCH3 is 1. The Kier molecular flexibility index (Phi) is 5.86. The molecule has 2 aliphatic rings. The largest absolute Gasteiger partial charge is 0.481 e. The molecule has 1 saturated heterocycles. The highest BCUT2D eigenvalue weighted by Crippen LogP contribution is 2.38. The van der Waals surface area contributed by atoms with Crippen LogP contribution in [0.2, 0.25) is 0 Å². The second-order valence-electron chi connectivity index (χ2n) is 7.23. The van der Waals surface area contributed by atoms with Crippen LogP contribution >= 0.6 is 0 Å². The first-order chi connectivity index (χ1) is 11.6. The van der Waals surface area contributed by atoms with E-state index < -0.39 is 48.7 Å². The second kappa shape index (κ2) is 7.39. The Morgan fingerprint density at radius 1 is 1.28 bits per heavy atom. The van der Waals surface area contributed by atoms with Gasteiger partial charge in [-0.1, -0.05) is 6.92 Å². The third-order valence-electron chi connectivity index (χ3n) is 5.53. The summed E-state index contributed by atoms with van der Waals surface area (Å²) in [6.07, 6.45) is -1.18. The van der Waals surface area contributed by atoms with Gasteiger partial charge in [-0.05, 0) is 31.6 Å². The lowest BCUT2D eigenvalue weighted by Gasteiger charge is -2.38. The first-order valence-electron chi connectivity index (χ1n) is 8.45. The minimum Gasteiger partial charge on any atom is -0.481 e. The fourth-order valence-electron chi connectivity index (χ4n) is 3.64. The Balaban J connectivity index is 1.96. The smallest absolute Gasteiger partial charge is 0.394 e. The zero-order valence-corrected chi connectivity index (χ0v) is 14.4. The van der Waals surface area contributed by atoms with Gasteiger partial charge in [-0.3, -0.25) is 4.79 Å². The lowest BCUT2D eigenvalue weighted by atomic mass is 9.79. The molecule has 0 spiro atoms. The average molecular weight is 366 g/mol. The van der Waals surface area contributed by atoms with Gasteiger partial charge in [0.15, 0.2) is 0 Å². The number of carbonyl (C=O) groups is 2. The Labute approximate surface area is 144 Å². The van der Waals surface area contributed by atoms with Crippen LogP contribution in [0.15, 0.2) is 0 Å². The Morgan fingerprint density at radius 2 is 1.88 bits per heavy atom. The molecular weight excluding hydrogens is 341 g/mol. The Hall–Kier alpha value is -1.51. The van der Waals surface area contributed by atoms with E-state index in [1.807, 2.05) is 0 Å². The van der Waals surface area contributed by atoms with Gasteiger partial charge in [0.25, 0.3) is 0 Å². The number of aliphatic carboxylic acids is 1. The second-order valence-corrected chi connectivity index (χ2v) is 7.23. The zero-order valence-electron chi connectivity index (χ0n) is 14.4. The number of carboxylic acids is 1. The summed E-state index contributed by atoms with van der Waals surface area (Å²) in [6, 6.07) is -0.673. The number of urea groups is 1. The van der Waals surface area contributed by atoms with Crippen molar-refractivity contribution in [2.45, 2.75) is 44.4 Å². The maximum absolute atomic E-state index is 13.0. The Bertz CT molecular complexity index is 504. The number of carbonyl (C=O) groups excluding carboxylic acids is 1. The maximum Gasteiger partial charge on any atom is 0.394 e. The van der Waals surface area contributed by atoms with Crippen molar-refractivity contribution in [2.75, 3.05) is 26.7 Å². The first kappa shape index (κ1) is 19.8. The molecule has 0 unspecified atom stereocenters. The van der Waals surface area contributed by atoms with Crippen molar-refractivity contribution >= 4 is 12.0 Å². The van der Waals surface area contributed by atoms with Crippen LogP contribution in [0.25, 0.3) is 0 Å². The van der Waals surface area contributed by atoms with E-state index in [0.29, 0.717) is 5.92 Å². The number of hydrogen-bond acceptors (Lipinski definition) is 3. The summed E-state index contributed by atoms with van der Waals surface area (Å²) in [4.78, 5) is 24.3. The number of amides is 2. The standard InChI is InChI=1S/C16H25F3N2O4/c1-10-3-5-15(25-2,6-4-10)9-20-14(24)21-7-11(13(22)23)12(8-21)16(17,18)19/h10-12H,3-9H2,1-2H3,(H,20,24)(H,22,23)/t10?,11-,12-,15?/m1/s1. The molecule has 2 amide bonds. The van der Waals surface area contributed by atoms with E-state index in [1.54, 1.807) is 7.11 Å². The van der Waals surface area contributed by atoms with Crippen LogP contribution in [-0.4, -0.2) is 60.5 Å². The van der Waals surface area contributed by atoms with Crippen LogP contribution in [0.3, 0.4) is 0 Å². The summed E-state index contributed by atoms with van der Waals surface area (Å²) in [6.45, 7) is 1.28. The summed E-state index contributed by atoms with van der Waals surface area (Å²) in [5, 5.41) is 11.6. The van der Waals surface area contributed by atoms with Gasteiger partial charge in [0.05, 0.1) is 17.4 Å². The summed E-state index contributed by atoms with van der Waals surface area (Å²) < 4.78 is 44.6. The van der Waals surface area contributed by atoms with Crippen LogP contribution in [0.1, 0.15) is 32.6 Å². The molecule has 1 aliphatic heterocycles. The number of carboxylic acid groups (broad SMARTS) is 1. The van der Waals surface area contributed by atoms with E-state index in [0.717, 1.165) is 30.6 Å². The third-order valence-corrected chi connectivity index (χ3v) is 5.53. The molecule has 1 saturated carbocycles. The average Bonchev–Trinajstić information content (AvgIpc) is 3.00. The number of ether oxygens (including phenoxy) is 1. The molecule has 0 radical (unpaired) electrons. The zero-order chi connectivity index (χ0) is 18.8. The van der Waals surface area contributed by atoms with Crippen molar-refractivity contribution in [3.8, 4) is 0 Å². The van der Waals surface area contributed by atoms with Gasteiger partial charge in [0, 0.05) is 26.7 Å². The molecule has 2 fully saturated rings. The molecule has 0 aromatic heterocycles. The fourth-order valence-corrected chi connectivity index (χ4v) is 3.64. The molecule has 2 N–H and O–H groups in total. The molecule has 2 rings (SSSR count). The van der Waals surface area contributed by atoms with Crippen LogP contribution < -0.4 is 5.32 Å². The molecule has 9 heteroatoms. The topological polar surface area (TPSA) is 78.9 Å². The minimum atomic E-state index is -4.65. The van der Waals surface area contributed by atoms with Crippen molar-refractivity contribution in [3.05, 3.63) is 0 Å². The van der Waals surface area contributed by atoms with Gasteiger partial charge >= 0.3 is 18.2 Å². The van der Waals surface area contributed by atoms with E-state index in [4.69, 9.17) is 9.84 Å². The molecule has 1 aliphatic carbocycles. The van der Waals surface area contributed by atoms with E-state index in [1.165, 1.54) is 0 Å². The predicted octanol–water partition coefficient (Wildman–Crippen LogP) is 2.49. The van der Waals surface area contributed by atoms with Gasteiger partial charge in [-0.2, -0.15) is 13.2 Å². The molecule has 6 nitrogen and oxygen atoms in total. The molecule has 25 heavy (non-hydrogen) atoms. The fraction of sp³-hybridized carbons (Fsp3) is 0.875. The van der Waals surface area contributed by atoms with Crippen LogP contribution in [-0.2, 0) is 9.53 Å². The van der Waals surface area contributed by atoms with Gasteiger partial charge in [0.2, 0.25) is 0 Å². The van der Waals surface area contributed by atoms with Crippen LogP contribution in [0.4, 0.5) is 18.0 Å². The highest BCUT2D eigenvalue weighted by Gasteiger charge is 2.53. The van der Waals surface area contributed by atoms with Crippen molar-refractivity contribution in [2.24, 2.45) is 17.8 Å². The third kappa shape index (κ3) is 4.56. The van der Waals surface area contributed by atoms with Gasteiger partial charge in [-0.25, -0.2) is 4.79 Å². The number of hydrogen-bond donors (Lipinski definition) is 2. The van der Waals surface area contributed by atoms with Gasteiger partial charge in [-0.15, -0.1) is 0 Å². The highest BCUT2D eigenvalue weighted by atomic mass is 19.4. The molecule has 0 aromatic rings. The number of nitrogens with one attached hydrogen (secondary N) is 1. The van der Waals surface area contributed by atoms with E-state index in [9.17, 15) is 22.8 Å². The molecule has 1 heterocycles. The Morgan fingerprint density at radius 3 is 2.32 bits per heavy atom. The number of likely N-dealkylation sites (tertiary alicyclic amines) is 1. The van der Waals surface area contributed by atoms with Gasteiger partial charge in [0.1, 0.15) is 0 Å². The molecule has 0 bridgehead atoms. The van der Waals surface area contributed by atoms with Gasteiger partial charge < -0.3 is 20.1 Å². The summed E-state index contributed by atoms with van der Waals surface area (Å²) in [5.41, 5.74) is -0.502. The summed E-state index contributed by atoms with van der Waals surface area (Å²) in [7, 11) is 1.57. The number of nitrogens with zero attached hydrogens (tertiary/aromatic N) is 1. The SMILES string of the molecule is COC1(CNC(=O)N2C[C@@H](C(F)(F)F)[C@H](C(=O)O)C2)CCC(C)CC1. The van der Waals surface area contributed by atoms with E-state index >= 15 is 0 Å². The van der Waals surface area contributed by atoms with Crippen LogP contribution in [0, 0.1) is 17.8 Å². The van der Waals surface area contributed by atoms with E-state index in [-0.39, 0.29) is 6.54 Å². The van der Waals surface area contributed by atoms with E-state index in [2.05, 4.69) is 12.2 Å². The van der Waals surface area contributed by atoms with Crippen molar-refractivity contribution in [3.63, 3.8) is 0 Å². The quantitative estimate of drug-likeness (QED) is 0.801. The van der Waals surface area contributed by atoms with Crippen molar-refractivity contribution in [1.29, 1.82) is 0 Å². The maximum atomic E-state index is 13.0. The monoisotopic (exact) mass is 366 g/mol. The lowest BCUT2D eigenvalue weighted by molar-refractivity contribution is -0.187. The number of alkyl halides is 3. The number of halogens is 3. The van der Waals surface area contributed by atoms with Crippen molar-refractivity contribution in [1.82, 2.24) is 10.2 Å². The first-order valence-corrected chi connectivity index (χ1v) is 8.45. The molecular formula is C16H25F3N2O4. The minimum absolute atomic E-state index is 0.208. The normalized spacial score (nSPS) is 33.3. The van der Waals surface area contributed by atoms with Crippen molar-refractivity contribution < 1.29 is 32.6 Å². The highest BCUT2D eigenvalue weighted by molar-refractivity contribution is 5.77. The predicted molar refractivity (Wildman–Crippen MR) is 83.0 cm³/mol. The summed E-state index contributed by atoms with van der Waals surface area (Å²) >= 11 is 0. The lowest BCUT2D eigenvalue weighted by Crippen LogP contribution is -2.50. The number of rotatable bonds is 4. The molecule has 144 valence electrons. The summed E-state index contributed by atoms with van der Waals surface area (Å²) in [5.74, 6) is -4.62.